The van der Waals surface area contributed by atoms with Gasteiger partial charge in [-0.3, -0.25) is 0 Å². The third-order valence-corrected chi connectivity index (χ3v) is 2.21. The molecule has 1 atom stereocenters. The third-order valence-electron chi connectivity index (χ3n) is 1.55. The first kappa shape index (κ1) is 11.8. The molecule has 0 bridgehead atoms. The Hall–Kier alpha value is -0.290. The van der Waals surface area contributed by atoms with Crippen molar-refractivity contribution in [1.82, 2.24) is 4.98 Å². The summed E-state index contributed by atoms with van der Waals surface area (Å²) in [5.41, 5.74) is -0.511. The monoisotopic (exact) mass is 287 g/mol. The molecule has 1 heterocycles. The number of pyridine rings is 1. The van der Waals surface area contributed by atoms with E-state index in [0.29, 0.717) is 0 Å². The van der Waals surface area contributed by atoms with E-state index in [1.807, 2.05) is 0 Å². The maximum absolute atomic E-state index is 12.3. The Morgan fingerprint density at radius 2 is 2.00 bits per heavy atom. The number of halogens is 5. The Bertz CT molecular complexity index is 338. The first-order valence-electron chi connectivity index (χ1n) is 3.69. The lowest BCUT2D eigenvalue weighted by Gasteiger charge is -2.10. The molecule has 0 N–H and O–H groups in total. The van der Waals surface area contributed by atoms with E-state index in [-0.39, 0.29) is 15.7 Å². The Balaban J connectivity index is 3.21. The summed E-state index contributed by atoms with van der Waals surface area (Å²) in [4.78, 5) is 3.50. The minimum atomic E-state index is -4.39. The Morgan fingerprint density at radius 3 is 2.43 bits per heavy atom. The van der Waals surface area contributed by atoms with E-state index in [1.165, 1.54) is 0 Å². The largest absolute Gasteiger partial charge is 0.416 e. The number of nitrogens with zero attached hydrogens (tertiary/aromatic N) is 1. The number of aromatic nitrogens is 1. The maximum Gasteiger partial charge on any atom is 0.416 e. The summed E-state index contributed by atoms with van der Waals surface area (Å²) in [6, 6.07) is 1.78. The molecular weight excluding hydrogens is 282 g/mol. The molecule has 0 saturated heterocycles. The zero-order valence-electron chi connectivity index (χ0n) is 7.07. The van der Waals surface area contributed by atoms with Gasteiger partial charge in [0.2, 0.25) is 0 Å². The van der Waals surface area contributed by atoms with Crippen molar-refractivity contribution in [1.29, 1.82) is 0 Å². The smallest absolute Gasteiger partial charge is 0.240 e. The first-order valence-corrected chi connectivity index (χ1v) is 4.99. The predicted molar refractivity (Wildman–Crippen MR) is 51.6 cm³/mol. The normalized spacial score (nSPS) is 14.1. The molecule has 14 heavy (non-hydrogen) atoms. The lowest BCUT2D eigenvalue weighted by atomic mass is 10.2. The SMILES string of the molecule is CC(Br)c1cc(C(F)(F)F)cc(Cl)n1. The molecule has 0 spiro atoms. The molecule has 1 rings (SSSR count). The van der Waals surface area contributed by atoms with Crippen LogP contribution in [0.1, 0.15) is 23.0 Å². The summed E-state index contributed by atoms with van der Waals surface area (Å²) < 4.78 is 36.9. The summed E-state index contributed by atoms with van der Waals surface area (Å²) in [6.45, 7) is 1.68. The van der Waals surface area contributed by atoms with Gasteiger partial charge in [-0.05, 0) is 19.1 Å². The van der Waals surface area contributed by atoms with Crippen LogP contribution in [0.3, 0.4) is 0 Å². The molecule has 0 saturated carbocycles. The lowest BCUT2D eigenvalue weighted by Crippen LogP contribution is -2.07. The van der Waals surface area contributed by atoms with Crippen molar-refractivity contribution >= 4 is 27.5 Å². The lowest BCUT2D eigenvalue weighted by molar-refractivity contribution is -0.137. The second-order valence-corrected chi connectivity index (χ2v) is 4.48. The number of alkyl halides is 4. The second kappa shape index (κ2) is 4.06. The summed E-state index contributed by atoms with van der Waals surface area (Å²) in [7, 11) is 0. The highest BCUT2D eigenvalue weighted by Gasteiger charge is 2.31. The van der Waals surface area contributed by atoms with Crippen molar-refractivity contribution in [3.63, 3.8) is 0 Å². The van der Waals surface area contributed by atoms with Crippen molar-refractivity contribution in [3.05, 3.63) is 28.5 Å². The number of hydrogen-bond donors (Lipinski definition) is 0. The van der Waals surface area contributed by atoms with Crippen LogP contribution >= 0.6 is 27.5 Å². The van der Waals surface area contributed by atoms with E-state index in [2.05, 4.69) is 20.9 Å². The van der Waals surface area contributed by atoms with Gasteiger partial charge in [-0.1, -0.05) is 27.5 Å². The zero-order valence-corrected chi connectivity index (χ0v) is 9.41. The van der Waals surface area contributed by atoms with Gasteiger partial charge < -0.3 is 0 Å². The van der Waals surface area contributed by atoms with Crippen LogP contribution in [0.2, 0.25) is 5.15 Å². The molecule has 1 unspecified atom stereocenters. The standard InChI is InChI=1S/C8H6BrClF3N/c1-4(9)6-2-5(8(11,12)13)3-7(10)14-6/h2-4H,1H3. The van der Waals surface area contributed by atoms with E-state index in [1.54, 1.807) is 6.92 Å². The van der Waals surface area contributed by atoms with E-state index < -0.39 is 11.7 Å². The molecule has 6 heteroatoms. The van der Waals surface area contributed by atoms with Crippen molar-refractivity contribution in [2.75, 3.05) is 0 Å². The summed E-state index contributed by atoms with van der Waals surface area (Å²) in [5.74, 6) is 0. The van der Waals surface area contributed by atoms with Gasteiger partial charge in [-0.2, -0.15) is 13.2 Å². The zero-order chi connectivity index (χ0) is 10.9. The van der Waals surface area contributed by atoms with Crippen LogP contribution in [0.4, 0.5) is 13.2 Å². The van der Waals surface area contributed by atoms with Gasteiger partial charge in [0.1, 0.15) is 5.15 Å². The third kappa shape index (κ3) is 2.85. The minimum Gasteiger partial charge on any atom is -0.240 e. The van der Waals surface area contributed by atoms with Crippen LogP contribution in [-0.2, 0) is 6.18 Å². The summed E-state index contributed by atoms with van der Waals surface area (Å²) in [6.07, 6.45) is -4.39. The second-order valence-electron chi connectivity index (χ2n) is 2.72. The molecule has 0 amide bonds. The predicted octanol–water partition coefficient (Wildman–Crippen LogP) is 4.21. The molecule has 0 aliphatic carbocycles. The van der Waals surface area contributed by atoms with E-state index in [0.717, 1.165) is 12.1 Å². The topological polar surface area (TPSA) is 12.9 Å². The van der Waals surface area contributed by atoms with Gasteiger partial charge in [-0.25, -0.2) is 4.98 Å². The molecule has 1 aromatic rings. The molecule has 0 aromatic carbocycles. The highest BCUT2D eigenvalue weighted by Crippen LogP contribution is 2.33. The van der Waals surface area contributed by atoms with Crippen LogP contribution in [-0.4, -0.2) is 4.98 Å². The van der Waals surface area contributed by atoms with Crippen molar-refractivity contribution < 1.29 is 13.2 Å². The summed E-state index contributed by atoms with van der Waals surface area (Å²) in [5, 5.41) is -0.152. The molecule has 0 aliphatic heterocycles. The highest BCUT2D eigenvalue weighted by atomic mass is 79.9. The molecule has 0 aliphatic rings. The molecular formula is C8H6BrClF3N. The fraction of sp³-hybridized carbons (Fsp3) is 0.375. The van der Waals surface area contributed by atoms with Crippen molar-refractivity contribution in [3.8, 4) is 0 Å². The fourth-order valence-electron chi connectivity index (χ4n) is 0.885. The van der Waals surface area contributed by atoms with Crippen LogP contribution in [0.25, 0.3) is 0 Å². The quantitative estimate of drug-likeness (QED) is 0.557. The highest BCUT2D eigenvalue weighted by molar-refractivity contribution is 9.09. The fourth-order valence-corrected chi connectivity index (χ4v) is 1.33. The molecule has 1 aromatic heterocycles. The van der Waals surface area contributed by atoms with Gasteiger partial charge in [0.25, 0.3) is 0 Å². The number of hydrogen-bond acceptors (Lipinski definition) is 1. The van der Waals surface area contributed by atoms with E-state index in [9.17, 15) is 13.2 Å². The minimum absolute atomic E-state index is 0.152. The Kier molecular flexibility index (Phi) is 3.42. The van der Waals surface area contributed by atoms with Crippen LogP contribution in [0.5, 0.6) is 0 Å². The average molecular weight is 288 g/mol. The van der Waals surface area contributed by atoms with Gasteiger partial charge in [0.15, 0.2) is 0 Å². The molecule has 1 nitrogen and oxygen atoms in total. The summed E-state index contributed by atoms with van der Waals surface area (Å²) >= 11 is 8.60. The maximum atomic E-state index is 12.3. The number of rotatable bonds is 1. The Labute approximate surface area is 92.4 Å². The van der Waals surface area contributed by atoms with Crippen LogP contribution < -0.4 is 0 Å². The van der Waals surface area contributed by atoms with Crippen molar-refractivity contribution in [2.24, 2.45) is 0 Å². The van der Waals surface area contributed by atoms with Gasteiger partial charge >= 0.3 is 6.18 Å². The van der Waals surface area contributed by atoms with Gasteiger partial charge in [0, 0.05) is 0 Å². The first-order chi connectivity index (χ1) is 6.30. The Morgan fingerprint density at radius 1 is 1.43 bits per heavy atom. The molecule has 0 fully saturated rings. The average Bonchev–Trinajstić information content (AvgIpc) is 2.01. The van der Waals surface area contributed by atoms with Crippen molar-refractivity contribution in [2.45, 2.75) is 17.9 Å². The van der Waals surface area contributed by atoms with E-state index >= 15 is 0 Å². The van der Waals surface area contributed by atoms with Gasteiger partial charge in [0.05, 0.1) is 16.1 Å². The molecule has 0 radical (unpaired) electrons. The van der Waals surface area contributed by atoms with Crippen LogP contribution in [0.15, 0.2) is 12.1 Å². The van der Waals surface area contributed by atoms with E-state index in [4.69, 9.17) is 11.6 Å². The van der Waals surface area contributed by atoms with Gasteiger partial charge in [-0.15, -0.1) is 0 Å². The molecule has 78 valence electrons. The van der Waals surface area contributed by atoms with Crippen LogP contribution in [0, 0.1) is 0 Å².